The summed E-state index contributed by atoms with van der Waals surface area (Å²) in [5.74, 6) is 0.615. The molecule has 1 amide bonds. The van der Waals surface area contributed by atoms with E-state index in [9.17, 15) is 4.79 Å². The molecule has 4 N–H and O–H groups in total. The molecule has 4 aromatic rings. The van der Waals surface area contributed by atoms with E-state index in [2.05, 4.69) is 54.8 Å². The van der Waals surface area contributed by atoms with E-state index in [-0.39, 0.29) is 11.4 Å². The number of ether oxygens (including phenoxy) is 1. The van der Waals surface area contributed by atoms with Crippen molar-refractivity contribution in [3.05, 3.63) is 55.0 Å². The van der Waals surface area contributed by atoms with E-state index in [0.717, 1.165) is 25.2 Å². The maximum atomic E-state index is 11.7. The molecule has 13 heteroatoms. The van der Waals surface area contributed by atoms with Crippen molar-refractivity contribution in [2.24, 2.45) is 5.73 Å². The van der Waals surface area contributed by atoms with Gasteiger partial charge in [0.1, 0.15) is 30.7 Å². The van der Waals surface area contributed by atoms with Gasteiger partial charge in [-0.15, -0.1) is 5.10 Å². The van der Waals surface area contributed by atoms with Crippen molar-refractivity contribution in [2.75, 3.05) is 38.4 Å². The van der Waals surface area contributed by atoms with Gasteiger partial charge < -0.3 is 26.0 Å². The van der Waals surface area contributed by atoms with E-state index < -0.39 is 5.91 Å². The molecule has 188 valence electrons. The number of nitrogens with two attached hydrogens (primary N) is 1. The second-order valence-corrected chi connectivity index (χ2v) is 8.25. The number of methoxy groups -OCH3 is 1. The number of hydrogen-bond donors (Lipinski definition) is 3. The lowest BCUT2D eigenvalue weighted by molar-refractivity contribution is 0.100. The summed E-state index contributed by atoms with van der Waals surface area (Å²) in [6, 6.07) is 5.47. The topological polar surface area (TPSA) is 154 Å². The maximum absolute atomic E-state index is 11.7. The molecule has 0 saturated carbocycles. The fraction of sp³-hybridized carbons (Fsp3) is 0.304. The zero-order chi connectivity index (χ0) is 25.5. The van der Waals surface area contributed by atoms with E-state index in [4.69, 9.17) is 10.5 Å². The predicted molar refractivity (Wildman–Crippen MR) is 135 cm³/mol. The van der Waals surface area contributed by atoms with Gasteiger partial charge in [-0.25, -0.2) is 19.6 Å². The number of hydrogen-bond acceptors (Lipinski definition) is 10. The maximum Gasteiger partial charge on any atom is 0.254 e. The first-order chi connectivity index (χ1) is 17.4. The van der Waals surface area contributed by atoms with E-state index in [0.29, 0.717) is 29.5 Å². The Labute approximate surface area is 208 Å². The van der Waals surface area contributed by atoms with Crippen LogP contribution < -0.4 is 21.1 Å². The highest BCUT2D eigenvalue weighted by Crippen LogP contribution is 2.36. The minimum Gasteiger partial charge on any atom is -0.494 e. The molecule has 4 rings (SSSR count). The number of aryl methyl sites for hydroxylation is 1. The van der Waals surface area contributed by atoms with Crippen LogP contribution in [0.5, 0.6) is 5.75 Å². The van der Waals surface area contributed by atoms with Crippen molar-refractivity contribution in [2.45, 2.75) is 19.6 Å². The Balaban J connectivity index is 1.45. The molecule has 0 unspecified atom stereocenters. The first kappa shape index (κ1) is 24.6. The van der Waals surface area contributed by atoms with Crippen LogP contribution in [0, 0.1) is 0 Å². The van der Waals surface area contributed by atoms with E-state index in [1.165, 1.54) is 12.5 Å². The van der Waals surface area contributed by atoms with Crippen molar-refractivity contribution in [3.63, 3.8) is 0 Å². The molecule has 0 atom stereocenters. The number of carbonyl (C=O) groups is 1. The van der Waals surface area contributed by atoms with Gasteiger partial charge in [0.2, 0.25) is 0 Å². The highest BCUT2D eigenvalue weighted by Gasteiger charge is 2.17. The quantitative estimate of drug-likeness (QED) is 0.267. The number of nitrogens with zero attached hydrogens (tertiary/aromatic N) is 8. The Morgan fingerprint density at radius 3 is 2.83 bits per heavy atom. The lowest BCUT2D eigenvalue weighted by Gasteiger charge is -2.14. The molecule has 3 heterocycles. The van der Waals surface area contributed by atoms with E-state index in [1.807, 2.05) is 23.0 Å². The largest absolute Gasteiger partial charge is 0.494 e. The zero-order valence-corrected chi connectivity index (χ0v) is 20.4. The summed E-state index contributed by atoms with van der Waals surface area (Å²) >= 11 is 0. The number of benzene rings is 1. The monoisotopic (exact) mass is 491 g/mol. The average Bonchev–Trinajstić information content (AvgIpc) is 3.52. The number of rotatable bonds is 12. The first-order valence-electron chi connectivity index (χ1n) is 11.3. The summed E-state index contributed by atoms with van der Waals surface area (Å²) in [7, 11) is 5.67. The molecule has 36 heavy (non-hydrogen) atoms. The minimum atomic E-state index is -0.639. The summed E-state index contributed by atoms with van der Waals surface area (Å²) in [5.41, 5.74) is 7.75. The average molecular weight is 492 g/mol. The summed E-state index contributed by atoms with van der Waals surface area (Å²) in [4.78, 5) is 26.3. The molecular weight excluding hydrogens is 462 g/mol. The molecular formula is C23H29N11O2. The van der Waals surface area contributed by atoms with Gasteiger partial charge in [0.05, 0.1) is 30.2 Å². The molecule has 0 aliphatic heterocycles. The summed E-state index contributed by atoms with van der Waals surface area (Å²) in [6.07, 6.45) is 9.11. The van der Waals surface area contributed by atoms with Gasteiger partial charge in [-0.2, -0.15) is 5.10 Å². The van der Waals surface area contributed by atoms with Crippen LogP contribution in [0.4, 0.5) is 17.2 Å². The van der Waals surface area contributed by atoms with E-state index in [1.54, 1.807) is 30.4 Å². The van der Waals surface area contributed by atoms with Crippen molar-refractivity contribution in [3.8, 4) is 17.1 Å². The van der Waals surface area contributed by atoms with Gasteiger partial charge in [-0.3, -0.25) is 9.48 Å². The molecule has 0 spiro atoms. The SMILES string of the molecule is COc1c(Nc2ncncc2C(N)=O)cccc1-c1ncn(CNc2cnn(CCCN(C)C)c2)n1. The lowest BCUT2D eigenvalue weighted by Crippen LogP contribution is -2.15. The van der Waals surface area contributed by atoms with Gasteiger partial charge in [-0.05, 0) is 39.2 Å². The molecule has 0 bridgehead atoms. The molecule has 0 aliphatic rings. The van der Waals surface area contributed by atoms with Crippen LogP contribution in [0.1, 0.15) is 16.8 Å². The first-order valence-corrected chi connectivity index (χ1v) is 11.3. The molecule has 1 aromatic carbocycles. The Morgan fingerprint density at radius 2 is 2.06 bits per heavy atom. The van der Waals surface area contributed by atoms with Crippen LogP contribution in [-0.4, -0.2) is 73.1 Å². The van der Waals surface area contributed by atoms with Crippen LogP contribution in [0.3, 0.4) is 0 Å². The Morgan fingerprint density at radius 1 is 1.19 bits per heavy atom. The predicted octanol–water partition coefficient (Wildman–Crippen LogP) is 1.80. The Kier molecular flexibility index (Phi) is 7.70. The Hall–Kier alpha value is -4.52. The van der Waals surface area contributed by atoms with Crippen LogP contribution in [0.25, 0.3) is 11.4 Å². The standard InChI is InChI=1S/C23H29N11O2/c1-32(2)8-5-9-33-12-16(10-29-33)27-14-34-15-28-23(31-34)17-6-4-7-19(20(17)36-3)30-22-18(21(24)35)11-25-13-26-22/h4,6-7,10-13,15,27H,5,8-9,14H2,1-3H3,(H2,24,35)(H,25,26,30). The van der Waals surface area contributed by atoms with Crippen molar-refractivity contribution < 1.29 is 9.53 Å². The highest BCUT2D eigenvalue weighted by molar-refractivity contribution is 5.98. The molecule has 0 aliphatic carbocycles. The van der Waals surface area contributed by atoms with Crippen LogP contribution in [0.2, 0.25) is 0 Å². The third kappa shape index (κ3) is 5.93. The second-order valence-electron chi connectivity index (χ2n) is 8.25. The smallest absolute Gasteiger partial charge is 0.254 e. The third-order valence-electron chi connectivity index (χ3n) is 5.30. The zero-order valence-electron chi connectivity index (χ0n) is 20.4. The van der Waals surface area contributed by atoms with Gasteiger partial charge in [-0.1, -0.05) is 6.07 Å². The number of primary amides is 1. The molecule has 0 radical (unpaired) electrons. The van der Waals surface area contributed by atoms with Crippen LogP contribution >= 0.6 is 0 Å². The fourth-order valence-electron chi connectivity index (χ4n) is 3.56. The van der Waals surface area contributed by atoms with Gasteiger partial charge >= 0.3 is 0 Å². The number of amides is 1. The van der Waals surface area contributed by atoms with Gasteiger partial charge in [0, 0.05) is 18.9 Å². The van der Waals surface area contributed by atoms with Gasteiger partial charge in [0.25, 0.3) is 5.91 Å². The van der Waals surface area contributed by atoms with Crippen molar-refractivity contribution >= 4 is 23.1 Å². The summed E-state index contributed by atoms with van der Waals surface area (Å²) < 4.78 is 9.26. The third-order valence-corrected chi connectivity index (χ3v) is 5.30. The fourth-order valence-corrected chi connectivity index (χ4v) is 3.56. The molecule has 13 nitrogen and oxygen atoms in total. The van der Waals surface area contributed by atoms with Crippen LogP contribution in [-0.2, 0) is 13.2 Å². The van der Waals surface area contributed by atoms with E-state index >= 15 is 0 Å². The number of anilines is 3. The lowest BCUT2D eigenvalue weighted by atomic mass is 10.1. The van der Waals surface area contributed by atoms with Crippen LogP contribution in [0.15, 0.2) is 49.4 Å². The summed E-state index contributed by atoms with van der Waals surface area (Å²) in [5, 5.41) is 15.4. The number of nitrogens with one attached hydrogen (secondary N) is 2. The molecule has 3 aromatic heterocycles. The van der Waals surface area contributed by atoms with Crippen molar-refractivity contribution in [1.82, 2.24) is 39.4 Å². The summed E-state index contributed by atoms with van der Waals surface area (Å²) in [6.45, 7) is 2.28. The highest BCUT2D eigenvalue weighted by atomic mass is 16.5. The minimum absolute atomic E-state index is 0.166. The van der Waals surface area contributed by atoms with Crippen molar-refractivity contribution in [1.29, 1.82) is 0 Å². The second kappa shape index (κ2) is 11.3. The molecule has 0 saturated heterocycles. The van der Waals surface area contributed by atoms with Gasteiger partial charge in [0.15, 0.2) is 11.6 Å². The number of para-hydroxylation sites is 1. The normalized spacial score (nSPS) is 11.0. The molecule has 0 fully saturated rings. The Bertz CT molecular complexity index is 1310. The number of carbonyl (C=O) groups excluding carboxylic acids is 1. The number of aromatic nitrogens is 7.